The molecule has 0 bridgehead atoms. The van der Waals surface area contributed by atoms with Gasteiger partial charge in [-0.15, -0.1) is 0 Å². The van der Waals surface area contributed by atoms with Crippen molar-refractivity contribution in [3.05, 3.63) is 71.3 Å². The van der Waals surface area contributed by atoms with Crippen molar-refractivity contribution in [1.29, 1.82) is 0 Å². The van der Waals surface area contributed by atoms with Gasteiger partial charge in [0.2, 0.25) is 0 Å². The molecule has 0 radical (unpaired) electrons. The fraction of sp³-hybridized carbons (Fsp3) is 0.368. The fourth-order valence-electron chi connectivity index (χ4n) is 2.98. The second-order valence-corrected chi connectivity index (χ2v) is 5.61. The van der Waals surface area contributed by atoms with Crippen molar-refractivity contribution >= 4 is 0 Å². The Morgan fingerprint density at radius 3 is 2.71 bits per heavy atom. The smallest absolute Gasteiger partial charge is 0.0828 e. The van der Waals surface area contributed by atoms with Crippen molar-refractivity contribution in [2.75, 3.05) is 13.2 Å². The van der Waals surface area contributed by atoms with Gasteiger partial charge in [0.05, 0.1) is 12.7 Å². The summed E-state index contributed by atoms with van der Waals surface area (Å²) in [5, 5.41) is 3.44. The molecule has 0 saturated heterocycles. The van der Waals surface area contributed by atoms with Gasteiger partial charge in [-0.3, -0.25) is 0 Å². The molecule has 3 rings (SSSR count). The summed E-state index contributed by atoms with van der Waals surface area (Å²) in [6, 6.07) is 19.2. The molecule has 2 heteroatoms. The van der Waals surface area contributed by atoms with Crippen molar-refractivity contribution in [3.8, 4) is 0 Å². The highest BCUT2D eigenvalue weighted by Gasteiger charge is 2.19. The lowest BCUT2D eigenvalue weighted by molar-refractivity contribution is 0.0426. The average molecular weight is 281 g/mol. The van der Waals surface area contributed by atoms with Gasteiger partial charge in [0, 0.05) is 13.1 Å². The molecule has 21 heavy (non-hydrogen) atoms. The van der Waals surface area contributed by atoms with E-state index in [-0.39, 0.29) is 6.10 Å². The Kier molecular flexibility index (Phi) is 5.03. The summed E-state index contributed by atoms with van der Waals surface area (Å²) in [4.78, 5) is 0. The molecule has 1 aliphatic rings. The number of benzene rings is 2. The molecule has 0 aliphatic heterocycles. The molecule has 1 unspecified atom stereocenters. The molecule has 0 heterocycles. The van der Waals surface area contributed by atoms with Crippen LogP contribution < -0.4 is 5.32 Å². The normalized spacial score (nSPS) is 17.4. The minimum Gasteiger partial charge on any atom is -0.372 e. The highest BCUT2D eigenvalue weighted by Crippen LogP contribution is 2.31. The van der Waals surface area contributed by atoms with Gasteiger partial charge in [-0.05, 0) is 36.0 Å². The molecule has 0 saturated carbocycles. The number of fused-ring (bicyclic) bond motifs is 1. The first-order chi connectivity index (χ1) is 10.4. The second-order valence-electron chi connectivity index (χ2n) is 5.61. The van der Waals surface area contributed by atoms with Crippen LogP contribution in [0.1, 0.15) is 35.6 Å². The quantitative estimate of drug-likeness (QED) is 0.812. The van der Waals surface area contributed by atoms with Gasteiger partial charge in [0.15, 0.2) is 0 Å². The third-order valence-electron chi connectivity index (χ3n) is 4.08. The molecule has 2 aromatic carbocycles. The first-order valence-corrected chi connectivity index (χ1v) is 7.87. The lowest BCUT2D eigenvalue weighted by atomic mass is 9.89. The van der Waals surface area contributed by atoms with Crippen LogP contribution in [0.5, 0.6) is 0 Å². The van der Waals surface area contributed by atoms with Crippen molar-refractivity contribution in [2.45, 2.75) is 31.9 Å². The summed E-state index contributed by atoms with van der Waals surface area (Å²) in [7, 11) is 0. The monoisotopic (exact) mass is 281 g/mol. The Morgan fingerprint density at radius 2 is 1.81 bits per heavy atom. The fourth-order valence-corrected chi connectivity index (χ4v) is 2.98. The maximum atomic E-state index is 6.08. The topological polar surface area (TPSA) is 21.3 Å². The minimum absolute atomic E-state index is 0.286. The van der Waals surface area contributed by atoms with Gasteiger partial charge in [0.25, 0.3) is 0 Å². The van der Waals surface area contributed by atoms with Gasteiger partial charge in [-0.25, -0.2) is 0 Å². The SMILES string of the molecule is c1ccc(CNCCOC2CCCc3ccccc32)cc1. The second kappa shape index (κ2) is 7.39. The highest BCUT2D eigenvalue weighted by molar-refractivity contribution is 5.31. The maximum Gasteiger partial charge on any atom is 0.0828 e. The summed E-state index contributed by atoms with van der Waals surface area (Å²) < 4.78 is 6.08. The Labute approximate surface area is 127 Å². The number of hydrogen-bond acceptors (Lipinski definition) is 2. The zero-order valence-corrected chi connectivity index (χ0v) is 12.4. The third-order valence-corrected chi connectivity index (χ3v) is 4.08. The van der Waals surface area contributed by atoms with Crippen molar-refractivity contribution in [3.63, 3.8) is 0 Å². The van der Waals surface area contributed by atoms with Gasteiger partial charge in [-0.2, -0.15) is 0 Å². The number of rotatable bonds is 6. The molecule has 0 spiro atoms. The van der Waals surface area contributed by atoms with E-state index >= 15 is 0 Å². The molecule has 2 nitrogen and oxygen atoms in total. The molecule has 1 N–H and O–H groups in total. The van der Waals surface area contributed by atoms with E-state index in [1.165, 1.54) is 29.5 Å². The predicted octanol–water partition coefficient (Wildman–Crippen LogP) is 3.87. The molecule has 0 fully saturated rings. The van der Waals surface area contributed by atoms with Crippen molar-refractivity contribution < 1.29 is 4.74 Å². The summed E-state index contributed by atoms with van der Waals surface area (Å²) in [6.45, 7) is 2.57. The van der Waals surface area contributed by atoms with Crippen molar-refractivity contribution in [2.24, 2.45) is 0 Å². The molecule has 0 aromatic heterocycles. The van der Waals surface area contributed by atoms with Gasteiger partial charge in [0.1, 0.15) is 0 Å². The molecular weight excluding hydrogens is 258 g/mol. The summed E-state index contributed by atoms with van der Waals surface area (Å²) >= 11 is 0. The molecule has 2 aromatic rings. The molecular formula is C19H23NO. The summed E-state index contributed by atoms with van der Waals surface area (Å²) in [5.41, 5.74) is 4.18. The van der Waals surface area contributed by atoms with Crippen LogP contribution in [0.4, 0.5) is 0 Å². The van der Waals surface area contributed by atoms with Crippen LogP contribution in [0.15, 0.2) is 54.6 Å². The van der Waals surface area contributed by atoms with Gasteiger partial charge < -0.3 is 10.1 Å². The molecule has 110 valence electrons. The standard InChI is InChI=1S/C19H23NO/c1-2-7-16(8-3-1)15-20-13-14-21-19-12-6-10-17-9-4-5-11-18(17)19/h1-5,7-9,11,19-20H,6,10,12-15H2. The minimum atomic E-state index is 0.286. The summed E-state index contributed by atoms with van der Waals surface area (Å²) in [6.07, 6.45) is 3.87. The first-order valence-electron chi connectivity index (χ1n) is 7.87. The number of ether oxygens (including phenoxy) is 1. The van der Waals surface area contributed by atoms with E-state index in [9.17, 15) is 0 Å². The van der Waals surface area contributed by atoms with E-state index < -0.39 is 0 Å². The Morgan fingerprint density at radius 1 is 1.00 bits per heavy atom. The highest BCUT2D eigenvalue weighted by atomic mass is 16.5. The van der Waals surface area contributed by atoms with Crippen LogP contribution in [-0.4, -0.2) is 13.2 Å². The first kappa shape index (κ1) is 14.3. The van der Waals surface area contributed by atoms with Crippen LogP contribution in [0.25, 0.3) is 0 Å². The van der Waals surface area contributed by atoms with Crippen LogP contribution in [-0.2, 0) is 17.7 Å². The Balaban J connectivity index is 1.42. The Bertz CT molecular complexity index is 553. The van der Waals surface area contributed by atoms with E-state index in [2.05, 4.69) is 53.8 Å². The van der Waals surface area contributed by atoms with E-state index in [0.29, 0.717) is 0 Å². The maximum absolute atomic E-state index is 6.08. The van der Waals surface area contributed by atoms with Crippen LogP contribution in [0.3, 0.4) is 0 Å². The van der Waals surface area contributed by atoms with Crippen LogP contribution in [0, 0.1) is 0 Å². The Hall–Kier alpha value is -1.64. The van der Waals surface area contributed by atoms with Crippen molar-refractivity contribution in [1.82, 2.24) is 5.32 Å². The number of nitrogens with one attached hydrogen (secondary N) is 1. The predicted molar refractivity (Wildman–Crippen MR) is 86.2 cm³/mol. The van der Waals surface area contributed by atoms with Gasteiger partial charge >= 0.3 is 0 Å². The van der Waals surface area contributed by atoms with Crippen LogP contribution >= 0.6 is 0 Å². The van der Waals surface area contributed by atoms with E-state index in [1.54, 1.807) is 0 Å². The van der Waals surface area contributed by atoms with E-state index in [1.807, 2.05) is 6.07 Å². The zero-order valence-electron chi connectivity index (χ0n) is 12.4. The summed E-state index contributed by atoms with van der Waals surface area (Å²) in [5.74, 6) is 0. The van der Waals surface area contributed by atoms with E-state index in [0.717, 1.165) is 26.1 Å². The lowest BCUT2D eigenvalue weighted by Crippen LogP contribution is -2.22. The molecule has 0 amide bonds. The number of aryl methyl sites for hydroxylation is 1. The van der Waals surface area contributed by atoms with Crippen LogP contribution in [0.2, 0.25) is 0 Å². The third kappa shape index (κ3) is 3.93. The molecule has 1 atom stereocenters. The zero-order chi connectivity index (χ0) is 14.3. The van der Waals surface area contributed by atoms with E-state index in [4.69, 9.17) is 4.74 Å². The molecule has 1 aliphatic carbocycles. The largest absolute Gasteiger partial charge is 0.372 e. The lowest BCUT2D eigenvalue weighted by Gasteiger charge is -2.25. The van der Waals surface area contributed by atoms with Gasteiger partial charge in [-0.1, -0.05) is 54.6 Å². The number of hydrogen-bond donors (Lipinski definition) is 1. The average Bonchev–Trinajstić information content (AvgIpc) is 2.56.